The summed E-state index contributed by atoms with van der Waals surface area (Å²) in [6.45, 7) is 1.64. The lowest BCUT2D eigenvalue weighted by Crippen LogP contribution is -2.35. The fraction of sp³-hybridized carbons (Fsp3) is 0.118. The normalized spacial score (nSPS) is 10.7. The number of hydrogen-bond acceptors (Lipinski definition) is 4. The van der Waals surface area contributed by atoms with Gasteiger partial charge in [-0.05, 0) is 68.1 Å². The highest BCUT2D eigenvalue weighted by Crippen LogP contribution is 2.32. The van der Waals surface area contributed by atoms with Gasteiger partial charge in [-0.1, -0.05) is 18.2 Å². The molecule has 2 amide bonds. The summed E-state index contributed by atoms with van der Waals surface area (Å²) in [6, 6.07) is 10.4. The summed E-state index contributed by atoms with van der Waals surface area (Å²) >= 11 is 6.42. The van der Waals surface area contributed by atoms with Gasteiger partial charge >= 0.3 is 0 Å². The fourth-order valence-electron chi connectivity index (χ4n) is 1.96. The quantitative estimate of drug-likeness (QED) is 0.465. The number of carbonyl (C=O) groups excluding carboxylic acids is 2. The molecule has 0 heterocycles. The molecule has 0 aliphatic rings. The predicted octanol–water partition coefficient (Wildman–Crippen LogP) is 3.11. The van der Waals surface area contributed by atoms with Crippen molar-refractivity contribution in [1.29, 1.82) is 0 Å². The largest absolute Gasteiger partial charge is 0.506 e. The SMILES string of the molecule is Cc1ccccc1C(=O)NCC(=O)NN=Cc1cc(Br)c(O)c(Br)c1. The molecule has 2 aromatic rings. The van der Waals surface area contributed by atoms with E-state index in [1.807, 2.05) is 19.1 Å². The molecule has 2 rings (SSSR count). The van der Waals surface area contributed by atoms with Crippen molar-refractivity contribution in [2.75, 3.05) is 6.54 Å². The number of aryl methyl sites for hydroxylation is 1. The lowest BCUT2D eigenvalue weighted by molar-refractivity contribution is -0.120. The highest BCUT2D eigenvalue weighted by atomic mass is 79.9. The number of phenols is 1. The van der Waals surface area contributed by atoms with Gasteiger partial charge in [0.25, 0.3) is 11.8 Å². The molecule has 8 heteroatoms. The number of rotatable bonds is 5. The molecule has 2 aromatic carbocycles. The minimum Gasteiger partial charge on any atom is -0.506 e. The Labute approximate surface area is 161 Å². The van der Waals surface area contributed by atoms with Gasteiger partial charge in [0.05, 0.1) is 21.7 Å². The summed E-state index contributed by atoms with van der Waals surface area (Å²) in [6.07, 6.45) is 1.43. The van der Waals surface area contributed by atoms with Crippen LogP contribution in [0.25, 0.3) is 0 Å². The van der Waals surface area contributed by atoms with Crippen LogP contribution in [0.2, 0.25) is 0 Å². The van der Waals surface area contributed by atoms with Crippen LogP contribution in [0.4, 0.5) is 0 Å². The number of nitrogens with one attached hydrogen (secondary N) is 2. The van der Waals surface area contributed by atoms with Gasteiger partial charge in [0.2, 0.25) is 0 Å². The summed E-state index contributed by atoms with van der Waals surface area (Å²) in [5.41, 5.74) is 4.36. The van der Waals surface area contributed by atoms with Crippen molar-refractivity contribution in [2.45, 2.75) is 6.92 Å². The Morgan fingerprint density at radius 3 is 2.48 bits per heavy atom. The lowest BCUT2D eigenvalue weighted by Gasteiger charge is -2.06. The third-order valence-electron chi connectivity index (χ3n) is 3.24. The Kier molecular flexibility index (Phi) is 6.72. The molecule has 0 fully saturated rings. The van der Waals surface area contributed by atoms with Gasteiger partial charge in [0.1, 0.15) is 5.75 Å². The zero-order chi connectivity index (χ0) is 18.4. The van der Waals surface area contributed by atoms with Crippen LogP contribution in [-0.4, -0.2) is 29.7 Å². The fourth-order valence-corrected chi connectivity index (χ4v) is 3.18. The number of benzene rings is 2. The van der Waals surface area contributed by atoms with Crippen LogP contribution in [0, 0.1) is 6.92 Å². The molecule has 0 aliphatic carbocycles. The average Bonchev–Trinajstić information content (AvgIpc) is 2.58. The van der Waals surface area contributed by atoms with Gasteiger partial charge < -0.3 is 10.4 Å². The van der Waals surface area contributed by atoms with E-state index >= 15 is 0 Å². The van der Waals surface area contributed by atoms with Gasteiger partial charge in [-0.15, -0.1) is 0 Å². The Morgan fingerprint density at radius 2 is 1.84 bits per heavy atom. The maximum absolute atomic E-state index is 12.0. The van der Waals surface area contributed by atoms with E-state index in [2.05, 4.69) is 47.7 Å². The van der Waals surface area contributed by atoms with E-state index in [4.69, 9.17) is 0 Å². The first-order valence-corrected chi connectivity index (χ1v) is 8.81. The van der Waals surface area contributed by atoms with Crippen LogP contribution in [0.15, 0.2) is 50.4 Å². The first-order chi connectivity index (χ1) is 11.9. The van der Waals surface area contributed by atoms with Crippen molar-refractivity contribution >= 4 is 49.9 Å². The van der Waals surface area contributed by atoms with Crippen molar-refractivity contribution in [2.24, 2.45) is 5.10 Å². The van der Waals surface area contributed by atoms with Crippen molar-refractivity contribution < 1.29 is 14.7 Å². The van der Waals surface area contributed by atoms with Gasteiger partial charge in [0, 0.05) is 5.56 Å². The summed E-state index contributed by atoms with van der Waals surface area (Å²) in [7, 11) is 0. The van der Waals surface area contributed by atoms with E-state index in [9.17, 15) is 14.7 Å². The number of hydrazone groups is 1. The Balaban J connectivity index is 1.87. The van der Waals surface area contributed by atoms with Crippen LogP contribution in [0.5, 0.6) is 5.75 Å². The molecule has 0 bridgehead atoms. The Bertz CT molecular complexity index is 815. The first kappa shape index (κ1) is 19.1. The van der Waals surface area contributed by atoms with Gasteiger partial charge in [-0.2, -0.15) is 5.10 Å². The monoisotopic (exact) mass is 467 g/mol. The van der Waals surface area contributed by atoms with E-state index in [0.717, 1.165) is 5.56 Å². The van der Waals surface area contributed by atoms with Crippen LogP contribution < -0.4 is 10.7 Å². The molecule has 25 heavy (non-hydrogen) atoms. The average molecular weight is 469 g/mol. The number of phenolic OH excluding ortho intramolecular Hbond substituents is 1. The standard InChI is InChI=1S/C17H15Br2N3O3/c1-10-4-2-3-5-12(10)17(25)20-9-15(23)22-21-8-11-6-13(18)16(24)14(19)7-11/h2-8,24H,9H2,1H3,(H,20,25)(H,22,23). The van der Waals surface area contributed by atoms with Crippen molar-refractivity contribution in [3.05, 3.63) is 62.0 Å². The molecule has 0 aromatic heterocycles. The molecule has 0 saturated heterocycles. The topological polar surface area (TPSA) is 90.8 Å². The summed E-state index contributed by atoms with van der Waals surface area (Å²) < 4.78 is 1.00. The maximum atomic E-state index is 12.0. The molecule has 0 aliphatic heterocycles. The predicted molar refractivity (Wildman–Crippen MR) is 103 cm³/mol. The number of nitrogens with zero attached hydrogens (tertiary/aromatic N) is 1. The second-order valence-corrected chi connectivity index (χ2v) is 6.83. The van der Waals surface area contributed by atoms with E-state index < -0.39 is 5.91 Å². The van der Waals surface area contributed by atoms with E-state index in [1.54, 1.807) is 24.3 Å². The number of aromatic hydroxyl groups is 1. The Hall–Kier alpha value is -2.19. The molecular weight excluding hydrogens is 454 g/mol. The molecule has 0 spiro atoms. The van der Waals surface area contributed by atoms with E-state index in [0.29, 0.717) is 20.1 Å². The van der Waals surface area contributed by atoms with Crippen LogP contribution >= 0.6 is 31.9 Å². The molecule has 130 valence electrons. The van der Waals surface area contributed by atoms with Crippen molar-refractivity contribution in [3.63, 3.8) is 0 Å². The zero-order valence-electron chi connectivity index (χ0n) is 13.2. The lowest BCUT2D eigenvalue weighted by atomic mass is 10.1. The third kappa shape index (κ3) is 5.40. The highest BCUT2D eigenvalue weighted by Gasteiger charge is 2.09. The number of amides is 2. The van der Waals surface area contributed by atoms with Crippen LogP contribution in [0.3, 0.4) is 0 Å². The van der Waals surface area contributed by atoms with Crippen molar-refractivity contribution in [3.8, 4) is 5.75 Å². The molecular formula is C17H15Br2N3O3. The summed E-state index contributed by atoms with van der Waals surface area (Å²) in [5.74, 6) is -0.682. The van der Waals surface area contributed by atoms with Crippen LogP contribution in [-0.2, 0) is 4.79 Å². The van der Waals surface area contributed by atoms with Gasteiger partial charge in [-0.3, -0.25) is 9.59 Å². The number of carbonyl (C=O) groups is 2. The minimum absolute atomic E-state index is 0.0834. The Morgan fingerprint density at radius 1 is 1.20 bits per heavy atom. The number of hydrogen-bond donors (Lipinski definition) is 3. The van der Waals surface area contributed by atoms with Gasteiger partial charge in [-0.25, -0.2) is 5.43 Å². The minimum atomic E-state index is -0.449. The molecule has 0 radical (unpaired) electrons. The smallest absolute Gasteiger partial charge is 0.259 e. The summed E-state index contributed by atoms with van der Waals surface area (Å²) in [4.78, 5) is 23.8. The highest BCUT2D eigenvalue weighted by molar-refractivity contribution is 9.11. The maximum Gasteiger partial charge on any atom is 0.259 e. The van der Waals surface area contributed by atoms with Crippen molar-refractivity contribution in [1.82, 2.24) is 10.7 Å². The molecule has 6 nitrogen and oxygen atoms in total. The van der Waals surface area contributed by atoms with E-state index in [1.165, 1.54) is 6.21 Å². The summed E-state index contributed by atoms with van der Waals surface area (Å²) in [5, 5.41) is 16.0. The second kappa shape index (κ2) is 8.77. The second-order valence-electron chi connectivity index (χ2n) is 5.12. The third-order valence-corrected chi connectivity index (χ3v) is 4.45. The molecule has 0 saturated carbocycles. The number of halogens is 2. The zero-order valence-corrected chi connectivity index (χ0v) is 16.4. The van der Waals surface area contributed by atoms with Crippen LogP contribution in [0.1, 0.15) is 21.5 Å². The first-order valence-electron chi connectivity index (χ1n) is 7.22. The van der Waals surface area contributed by atoms with Gasteiger partial charge in [0.15, 0.2) is 0 Å². The molecule has 0 atom stereocenters. The molecule has 3 N–H and O–H groups in total. The van der Waals surface area contributed by atoms with E-state index in [-0.39, 0.29) is 18.2 Å². The molecule has 0 unspecified atom stereocenters.